The van der Waals surface area contributed by atoms with E-state index in [1.807, 2.05) is 0 Å². The Hall–Kier alpha value is -1.83. The fraction of sp³-hybridized carbons (Fsp3) is 0.500. The summed E-state index contributed by atoms with van der Waals surface area (Å²) in [6.07, 6.45) is 6.08. The SMILES string of the molecule is C#CCCC(=O)ON(C)C(=O)CCC=O. The van der Waals surface area contributed by atoms with E-state index in [2.05, 4.69) is 10.8 Å². The molecule has 0 aromatic carbocycles. The quantitative estimate of drug-likeness (QED) is 0.372. The van der Waals surface area contributed by atoms with Crippen LogP contribution in [-0.2, 0) is 19.2 Å². The topological polar surface area (TPSA) is 63.7 Å². The molecule has 0 radical (unpaired) electrons. The van der Waals surface area contributed by atoms with E-state index < -0.39 is 11.9 Å². The number of carbonyl (C=O) groups is 3. The lowest BCUT2D eigenvalue weighted by Gasteiger charge is -2.14. The summed E-state index contributed by atoms with van der Waals surface area (Å²) in [7, 11) is 1.32. The standard InChI is InChI=1S/C10H13NO4/c1-3-4-7-10(14)15-11(2)9(13)6-5-8-12/h1,8H,4-7H2,2H3. The number of nitrogens with zero attached hydrogens (tertiary/aromatic N) is 1. The molecule has 0 bridgehead atoms. The van der Waals surface area contributed by atoms with Crippen LogP contribution in [0.1, 0.15) is 25.7 Å². The fourth-order valence-electron chi connectivity index (χ4n) is 0.763. The van der Waals surface area contributed by atoms with Crippen molar-refractivity contribution in [1.29, 1.82) is 0 Å². The summed E-state index contributed by atoms with van der Waals surface area (Å²) in [4.78, 5) is 36.8. The van der Waals surface area contributed by atoms with Crippen LogP contribution < -0.4 is 0 Å². The molecule has 0 saturated heterocycles. The molecule has 0 unspecified atom stereocenters. The summed E-state index contributed by atoms with van der Waals surface area (Å²) in [5.74, 6) is 1.30. The van der Waals surface area contributed by atoms with Gasteiger partial charge in [0, 0.05) is 26.3 Å². The first kappa shape index (κ1) is 13.2. The summed E-state index contributed by atoms with van der Waals surface area (Å²) in [6, 6.07) is 0. The number of carbonyl (C=O) groups excluding carboxylic acids is 3. The molecule has 0 heterocycles. The van der Waals surface area contributed by atoms with Gasteiger partial charge in [-0.05, 0) is 0 Å². The average Bonchev–Trinajstić information content (AvgIpc) is 2.22. The van der Waals surface area contributed by atoms with Gasteiger partial charge in [0.25, 0.3) is 5.91 Å². The van der Waals surface area contributed by atoms with Gasteiger partial charge in [0.1, 0.15) is 6.29 Å². The summed E-state index contributed by atoms with van der Waals surface area (Å²) in [6.45, 7) is 0. The fourth-order valence-corrected chi connectivity index (χ4v) is 0.763. The van der Waals surface area contributed by atoms with Crippen LogP contribution in [0.4, 0.5) is 0 Å². The van der Waals surface area contributed by atoms with E-state index in [-0.39, 0.29) is 25.7 Å². The Morgan fingerprint density at radius 3 is 2.67 bits per heavy atom. The Bertz CT molecular complexity index is 280. The molecule has 0 spiro atoms. The summed E-state index contributed by atoms with van der Waals surface area (Å²) in [5, 5.41) is 0.822. The molecule has 0 aromatic rings. The lowest BCUT2D eigenvalue weighted by molar-refractivity contribution is -0.192. The Morgan fingerprint density at radius 1 is 1.47 bits per heavy atom. The van der Waals surface area contributed by atoms with Crippen molar-refractivity contribution in [2.24, 2.45) is 0 Å². The van der Waals surface area contributed by atoms with Crippen LogP contribution in [0.15, 0.2) is 0 Å². The van der Waals surface area contributed by atoms with Crippen LogP contribution in [0.5, 0.6) is 0 Å². The van der Waals surface area contributed by atoms with Crippen molar-refractivity contribution < 1.29 is 19.2 Å². The molecule has 0 aliphatic carbocycles. The number of hydroxylamine groups is 2. The lowest BCUT2D eigenvalue weighted by Crippen LogP contribution is -2.29. The minimum absolute atomic E-state index is 0.0302. The zero-order valence-corrected chi connectivity index (χ0v) is 8.56. The zero-order valence-electron chi connectivity index (χ0n) is 8.56. The van der Waals surface area contributed by atoms with Gasteiger partial charge < -0.3 is 9.63 Å². The predicted molar refractivity (Wildman–Crippen MR) is 52.2 cm³/mol. The van der Waals surface area contributed by atoms with Gasteiger partial charge in [-0.25, -0.2) is 4.79 Å². The molecular weight excluding hydrogens is 198 g/mol. The van der Waals surface area contributed by atoms with Gasteiger partial charge in [0.15, 0.2) is 0 Å². The van der Waals surface area contributed by atoms with Gasteiger partial charge in [-0.15, -0.1) is 12.3 Å². The molecule has 1 amide bonds. The Morgan fingerprint density at radius 2 is 2.13 bits per heavy atom. The Labute approximate surface area is 88.3 Å². The molecule has 0 aliphatic heterocycles. The molecule has 0 N–H and O–H groups in total. The second kappa shape index (κ2) is 7.56. The van der Waals surface area contributed by atoms with Crippen LogP contribution in [0.2, 0.25) is 0 Å². The average molecular weight is 211 g/mol. The molecule has 0 atom stereocenters. The normalized spacial score (nSPS) is 8.80. The molecule has 0 saturated carbocycles. The minimum atomic E-state index is -0.560. The summed E-state index contributed by atoms with van der Waals surface area (Å²) < 4.78 is 0. The second-order valence-electron chi connectivity index (χ2n) is 2.76. The van der Waals surface area contributed by atoms with Crippen LogP contribution in [0.25, 0.3) is 0 Å². The van der Waals surface area contributed by atoms with Crippen LogP contribution >= 0.6 is 0 Å². The van der Waals surface area contributed by atoms with Crippen molar-refractivity contribution in [3.05, 3.63) is 0 Å². The number of hydrogen-bond donors (Lipinski definition) is 0. The maximum Gasteiger partial charge on any atom is 0.333 e. The van der Waals surface area contributed by atoms with Crippen molar-refractivity contribution in [1.82, 2.24) is 5.06 Å². The van der Waals surface area contributed by atoms with Crippen LogP contribution in [0, 0.1) is 12.3 Å². The minimum Gasteiger partial charge on any atom is -0.338 e. The van der Waals surface area contributed by atoms with E-state index in [0.29, 0.717) is 6.29 Å². The van der Waals surface area contributed by atoms with Crippen LogP contribution in [0.3, 0.4) is 0 Å². The van der Waals surface area contributed by atoms with Gasteiger partial charge in [-0.1, -0.05) is 0 Å². The molecule has 0 fully saturated rings. The first-order valence-electron chi connectivity index (χ1n) is 4.46. The third-order valence-electron chi connectivity index (χ3n) is 1.54. The first-order chi connectivity index (χ1) is 7.11. The molecule has 0 rings (SSSR count). The number of amides is 1. The molecular formula is C10H13NO4. The predicted octanol–water partition coefficient (Wildman–Crippen LogP) is 0.295. The van der Waals surface area contributed by atoms with Gasteiger partial charge in [0.05, 0.1) is 6.42 Å². The molecule has 0 aliphatic rings. The van der Waals surface area contributed by atoms with E-state index in [1.165, 1.54) is 7.05 Å². The molecule has 5 nitrogen and oxygen atoms in total. The van der Waals surface area contributed by atoms with Crippen LogP contribution in [-0.4, -0.2) is 30.3 Å². The highest BCUT2D eigenvalue weighted by Crippen LogP contribution is 1.98. The maximum atomic E-state index is 11.2. The number of rotatable bonds is 5. The highest BCUT2D eigenvalue weighted by Gasteiger charge is 2.12. The number of hydrogen-bond acceptors (Lipinski definition) is 4. The van der Waals surface area contributed by atoms with Crippen molar-refractivity contribution in [2.75, 3.05) is 7.05 Å². The summed E-state index contributed by atoms with van der Waals surface area (Å²) >= 11 is 0. The largest absolute Gasteiger partial charge is 0.338 e. The summed E-state index contributed by atoms with van der Waals surface area (Å²) in [5.41, 5.74) is 0. The molecule has 0 aromatic heterocycles. The van der Waals surface area contributed by atoms with E-state index >= 15 is 0 Å². The third kappa shape index (κ3) is 6.27. The van der Waals surface area contributed by atoms with Crippen molar-refractivity contribution >= 4 is 18.2 Å². The first-order valence-corrected chi connectivity index (χ1v) is 4.46. The van der Waals surface area contributed by atoms with Gasteiger partial charge >= 0.3 is 5.97 Å². The Balaban J connectivity index is 3.85. The van der Waals surface area contributed by atoms with Crippen molar-refractivity contribution in [2.45, 2.75) is 25.7 Å². The third-order valence-corrected chi connectivity index (χ3v) is 1.54. The Kier molecular flexibility index (Phi) is 6.64. The van der Waals surface area contributed by atoms with Crippen molar-refractivity contribution in [3.8, 4) is 12.3 Å². The second-order valence-corrected chi connectivity index (χ2v) is 2.76. The van der Waals surface area contributed by atoms with E-state index in [0.717, 1.165) is 5.06 Å². The van der Waals surface area contributed by atoms with Gasteiger partial charge in [0.2, 0.25) is 0 Å². The van der Waals surface area contributed by atoms with E-state index in [4.69, 9.17) is 6.42 Å². The monoisotopic (exact) mass is 211 g/mol. The molecule has 15 heavy (non-hydrogen) atoms. The van der Waals surface area contributed by atoms with Gasteiger partial charge in [-0.3, -0.25) is 4.79 Å². The van der Waals surface area contributed by atoms with Crippen molar-refractivity contribution in [3.63, 3.8) is 0 Å². The zero-order chi connectivity index (χ0) is 11.7. The van der Waals surface area contributed by atoms with E-state index in [1.54, 1.807) is 0 Å². The van der Waals surface area contributed by atoms with E-state index in [9.17, 15) is 14.4 Å². The molecule has 82 valence electrons. The van der Waals surface area contributed by atoms with Gasteiger partial charge in [-0.2, -0.15) is 5.06 Å². The maximum absolute atomic E-state index is 11.2. The smallest absolute Gasteiger partial charge is 0.333 e. The lowest BCUT2D eigenvalue weighted by atomic mass is 10.3. The molecule has 5 heteroatoms. The number of terminal acetylenes is 1. The highest BCUT2D eigenvalue weighted by atomic mass is 16.7. The number of aldehydes is 1. The highest BCUT2D eigenvalue weighted by molar-refractivity contribution is 5.79.